The maximum absolute atomic E-state index is 14.5. The molecule has 1 heterocycles. The van der Waals surface area contributed by atoms with Crippen LogP contribution in [0.25, 0.3) is 0 Å². The molecule has 2 aromatic carbocycles. The van der Waals surface area contributed by atoms with Gasteiger partial charge in [0, 0.05) is 7.05 Å². The van der Waals surface area contributed by atoms with Gasteiger partial charge in [0.2, 0.25) is 5.60 Å². The normalized spacial score (nSPS) is 26.1. The minimum atomic E-state index is -4.84. The average Bonchev–Trinajstić information content (AvgIpc) is 2.97. The summed E-state index contributed by atoms with van der Waals surface area (Å²) in [6.45, 7) is 1.54. The van der Waals surface area contributed by atoms with Crippen LogP contribution in [0.1, 0.15) is 24.1 Å². The van der Waals surface area contributed by atoms with Crippen molar-refractivity contribution in [1.29, 1.82) is 0 Å². The third kappa shape index (κ3) is 3.21. The number of esters is 1. The molecule has 0 aromatic heterocycles. The molecule has 3 rings (SSSR count). The minimum absolute atomic E-state index is 0.0245. The summed E-state index contributed by atoms with van der Waals surface area (Å²) in [4.78, 5) is 18.2. The number of rotatable bonds is 4. The van der Waals surface area contributed by atoms with E-state index in [1.165, 1.54) is 31.3 Å². The molecule has 0 saturated carbocycles. The highest BCUT2D eigenvalue weighted by molar-refractivity contribution is 5.76. The molecular formula is C20H20F3NO3. The number of nitrogens with zero attached hydrogens (tertiary/aromatic N) is 1. The minimum Gasteiger partial charge on any atom is -0.466 e. The van der Waals surface area contributed by atoms with Crippen molar-refractivity contribution in [2.24, 2.45) is 5.92 Å². The van der Waals surface area contributed by atoms with E-state index in [0.717, 1.165) is 5.06 Å². The Morgan fingerprint density at radius 3 is 2.19 bits per heavy atom. The number of ether oxygens (including phenoxy) is 1. The third-order valence-corrected chi connectivity index (χ3v) is 4.74. The number of hydrogen-bond donors (Lipinski definition) is 0. The Kier molecular flexibility index (Phi) is 5.26. The molecule has 27 heavy (non-hydrogen) atoms. The van der Waals surface area contributed by atoms with Gasteiger partial charge in [-0.15, -0.1) is 0 Å². The Morgan fingerprint density at radius 2 is 1.67 bits per heavy atom. The van der Waals surface area contributed by atoms with E-state index in [-0.39, 0.29) is 12.2 Å². The Labute approximate surface area is 155 Å². The van der Waals surface area contributed by atoms with Crippen LogP contribution in [0.3, 0.4) is 0 Å². The summed E-state index contributed by atoms with van der Waals surface area (Å²) in [5, 5.41) is 1.11. The molecule has 1 saturated heterocycles. The Hall–Kier alpha value is -2.38. The van der Waals surface area contributed by atoms with Gasteiger partial charge in [-0.05, 0) is 18.1 Å². The summed E-state index contributed by atoms with van der Waals surface area (Å²) < 4.78 is 48.4. The molecule has 7 heteroatoms. The van der Waals surface area contributed by atoms with Gasteiger partial charge in [0.05, 0.1) is 12.6 Å². The highest BCUT2D eigenvalue weighted by atomic mass is 19.4. The maximum atomic E-state index is 14.5. The van der Waals surface area contributed by atoms with Crippen molar-refractivity contribution in [2.75, 3.05) is 13.7 Å². The van der Waals surface area contributed by atoms with Gasteiger partial charge >= 0.3 is 12.1 Å². The lowest BCUT2D eigenvalue weighted by Gasteiger charge is -2.35. The topological polar surface area (TPSA) is 38.8 Å². The van der Waals surface area contributed by atoms with Gasteiger partial charge in [0.25, 0.3) is 0 Å². The van der Waals surface area contributed by atoms with Crippen LogP contribution >= 0.6 is 0 Å². The van der Waals surface area contributed by atoms with Gasteiger partial charge in [0.15, 0.2) is 0 Å². The smallest absolute Gasteiger partial charge is 0.424 e. The van der Waals surface area contributed by atoms with E-state index in [9.17, 15) is 18.0 Å². The summed E-state index contributed by atoms with van der Waals surface area (Å²) in [7, 11) is 1.40. The maximum Gasteiger partial charge on any atom is 0.424 e. The van der Waals surface area contributed by atoms with Crippen molar-refractivity contribution in [1.82, 2.24) is 5.06 Å². The molecule has 0 radical (unpaired) electrons. The lowest BCUT2D eigenvalue weighted by atomic mass is 9.75. The van der Waals surface area contributed by atoms with Gasteiger partial charge < -0.3 is 4.74 Å². The van der Waals surface area contributed by atoms with Crippen molar-refractivity contribution in [3.8, 4) is 0 Å². The molecule has 1 aliphatic rings. The average molecular weight is 379 g/mol. The van der Waals surface area contributed by atoms with E-state index in [1.54, 1.807) is 43.3 Å². The number of benzene rings is 2. The SMILES string of the molecule is CCOC(=O)[C@@H]1[C@@H](c2ccccc2)N(C)O[C@@]1(c1ccccc1)C(F)(F)F. The van der Waals surface area contributed by atoms with E-state index in [0.29, 0.717) is 5.56 Å². The van der Waals surface area contributed by atoms with Gasteiger partial charge in [-0.2, -0.15) is 18.2 Å². The monoisotopic (exact) mass is 379 g/mol. The Bertz CT molecular complexity index is 782. The largest absolute Gasteiger partial charge is 0.466 e. The summed E-state index contributed by atoms with van der Waals surface area (Å²) in [6, 6.07) is 14.8. The van der Waals surface area contributed by atoms with Crippen LogP contribution in [0.15, 0.2) is 60.7 Å². The zero-order valence-corrected chi connectivity index (χ0v) is 14.9. The molecule has 0 spiro atoms. The predicted molar refractivity (Wildman–Crippen MR) is 92.3 cm³/mol. The second kappa shape index (κ2) is 7.32. The van der Waals surface area contributed by atoms with E-state index < -0.39 is 29.7 Å². The van der Waals surface area contributed by atoms with Gasteiger partial charge in [-0.25, -0.2) is 0 Å². The van der Waals surface area contributed by atoms with Crippen LogP contribution in [0.4, 0.5) is 13.2 Å². The van der Waals surface area contributed by atoms with Crippen molar-refractivity contribution in [3.05, 3.63) is 71.8 Å². The highest BCUT2D eigenvalue weighted by Crippen LogP contribution is 2.58. The third-order valence-electron chi connectivity index (χ3n) is 4.74. The van der Waals surface area contributed by atoms with Crippen molar-refractivity contribution >= 4 is 5.97 Å². The van der Waals surface area contributed by atoms with Gasteiger partial charge in [0.1, 0.15) is 5.92 Å². The molecule has 0 N–H and O–H groups in total. The van der Waals surface area contributed by atoms with Crippen LogP contribution in [0.5, 0.6) is 0 Å². The quantitative estimate of drug-likeness (QED) is 0.745. The highest BCUT2D eigenvalue weighted by Gasteiger charge is 2.72. The second-order valence-electron chi connectivity index (χ2n) is 6.32. The molecule has 144 valence electrons. The van der Waals surface area contributed by atoms with Crippen LogP contribution in [-0.2, 0) is 20.0 Å². The van der Waals surface area contributed by atoms with Crippen molar-refractivity contribution in [2.45, 2.75) is 24.7 Å². The molecule has 0 bridgehead atoms. The van der Waals surface area contributed by atoms with Crippen LogP contribution in [0, 0.1) is 5.92 Å². The molecule has 0 aliphatic carbocycles. The fourth-order valence-electron chi connectivity index (χ4n) is 3.66. The zero-order chi connectivity index (χ0) is 19.7. The molecule has 4 nitrogen and oxygen atoms in total. The fourth-order valence-corrected chi connectivity index (χ4v) is 3.66. The number of halogens is 3. The number of carbonyl (C=O) groups excluding carboxylic acids is 1. The molecular weight excluding hydrogens is 359 g/mol. The zero-order valence-electron chi connectivity index (χ0n) is 14.9. The lowest BCUT2D eigenvalue weighted by molar-refractivity contribution is -0.329. The van der Waals surface area contributed by atoms with E-state index in [4.69, 9.17) is 9.57 Å². The first-order chi connectivity index (χ1) is 12.8. The first-order valence-corrected chi connectivity index (χ1v) is 8.58. The van der Waals surface area contributed by atoms with E-state index in [2.05, 4.69) is 0 Å². The first-order valence-electron chi connectivity index (χ1n) is 8.58. The fraction of sp³-hybridized carbons (Fsp3) is 0.350. The molecule has 0 unspecified atom stereocenters. The Morgan fingerprint density at radius 1 is 1.11 bits per heavy atom. The van der Waals surface area contributed by atoms with Crippen molar-refractivity contribution in [3.63, 3.8) is 0 Å². The predicted octanol–water partition coefficient (Wildman–Crippen LogP) is 4.24. The van der Waals surface area contributed by atoms with Crippen LogP contribution < -0.4 is 0 Å². The molecule has 1 fully saturated rings. The molecule has 0 amide bonds. The second-order valence-corrected chi connectivity index (χ2v) is 6.32. The number of alkyl halides is 3. The molecule has 2 aromatic rings. The lowest BCUT2D eigenvalue weighted by Crippen LogP contribution is -2.51. The number of hydroxylamine groups is 2. The van der Waals surface area contributed by atoms with E-state index >= 15 is 0 Å². The number of hydrogen-bond acceptors (Lipinski definition) is 4. The summed E-state index contributed by atoms with van der Waals surface area (Å²) >= 11 is 0. The Balaban J connectivity index is 2.24. The standard InChI is InChI=1S/C20H20F3NO3/c1-3-26-18(25)16-17(14-10-6-4-7-11-14)24(2)27-19(16,20(21,22)23)15-12-8-5-9-13-15/h4-13,16-17H,3H2,1-2H3/t16-,17+,19+/m0/s1. The van der Waals surface area contributed by atoms with Crippen LogP contribution in [-0.4, -0.2) is 30.9 Å². The van der Waals surface area contributed by atoms with Crippen molar-refractivity contribution < 1.29 is 27.5 Å². The molecule has 1 aliphatic heterocycles. The van der Waals surface area contributed by atoms with Crippen LogP contribution in [0.2, 0.25) is 0 Å². The first kappa shape index (κ1) is 19.4. The number of carbonyl (C=O) groups is 1. The summed E-state index contributed by atoms with van der Waals surface area (Å²) in [5.74, 6) is -2.57. The van der Waals surface area contributed by atoms with E-state index in [1.807, 2.05) is 0 Å². The van der Waals surface area contributed by atoms with Gasteiger partial charge in [-0.3, -0.25) is 9.63 Å². The summed E-state index contributed by atoms with van der Waals surface area (Å²) in [6.07, 6.45) is -4.84. The summed E-state index contributed by atoms with van der Waals surface area (Å²) in [5.41, 5.74) is -2.43. The molecule has 3 atom stereocenters. The van der Waals surface area contributed by atoms with Gasteiger partial charge in [-0.1, -0.05) is 60.7 Å².